The quantitative estimate of drug-likeness (QED) is 0.716. The highest BCUT2D eigenvalue weighted by Crippen LogP contribution is 2.30. The van der Waals surface area contributed by atoms with Crippen molar-refractivity contribution in [1.82, 2.24) is 9.80 Å². The van der Waals surface area contributed by atoms with Crippen LogP contribution < -0.4 is 0 Å². The molecule has 0 radical (unpaired) electrons. The van der Waals surface area contributed by atoms with Crippen LogP contribution in [-0.4, -0.2) is 34.8 Å². The summed E-state index contributed by atoms with van der Waals surface area (Å²) in [5.74, 6) is 0.189. The molecule has 0 spiro atoms. The summed E-state index contributed by atoms with van der Waals surface area (Å²) >= 11 is 0. The van der Waals surface area contributed by atoms with Gasteiger partial charge in [-0.1, -0.05) is 43.3 Å². The standard InChI is InChI=1S/C24H30N2O/c1-2-19-5-7-20(8-6-19)17-26(23-13-14-23)18-21-9-11-22(12-10-21)24(27)25-15-3-4-16-25/h5-12,23H,2-4,13-18H2,1H3. The van der Waals surface area contributed by atoms with Gasteiger partial charge in [0.15, 0.2) is 0 Å². The summed E-state index contributed by atoms with van der Waals surface area (Å²) in [4.78, 5) is 17.1. The second-order valence-corrected chi connectivity index (χ2v) is 8.00. The van der Waals surface area contributed by atoms with Gasteiger partial charge in [-0.25, -0.2) is 0 Å². The first-order valence-electron chi connectivity index (χ1n) is 10.4. The molecule has 1 heterocycles. The zero-order valence-corrected chi connectivity index (χ0v) is 16.4. The Balaban J connectivity index is 1.40. The van der Waals surface area contributed by atoms with Gasteiger partial charge in [-0.05, 0) is 60.9 Å². The zero-order valence-electron chi connectivity index (χ0n) is 16.4. The molecule has 2 aliphatic rings. The fourth-order valence-electron chi connectivity index (χ4n) is 3.96. The minimum atomic E-state index is 0.189. The van der Waals surface area contributed by atoms with Gasteiger partial charge in [0.25, 0.3) is 5.91 Å². The SMILES string of the molecule is CCc1ccc(CN(Cc2ccc(C(=O)N3CCCC3)cc2)C2CC2)cc1. The van der Waals surface area contributed by atoms with Crippen molar-refractivity contribution in [3.8, 4) is 0 Å². The van der Waals surface area contributed by atoms with Gasteiger partial charge in [-0.2, -0.15) is 0 Å². The number of rotatable bonds is 7. The molecule has 1 amide bonds. The average Bonchev–Trinajstić information content (AvgIpc) is 3.42. The maximum Gasteiger partial charge on any atom is 0.253 e. The predicted octanol–water partition coefficient (Wildman–Crippen LogP) is 4.65. The van der Waals surface area contributed by atoms with Gasteiger partial charge >= 0.3 is 0 Å². The Labute approximate surface area is 163 Å². The number of carbonyl (C=O) groups excluding carboxylic acids is 1. The molecule has 142 valence electrons. The van der Waals surface area contributed by atoms with E-state index in [4.69, 9.17) is 0 Å². The van der Waals surface area contributed by atoms with Gasteiger partial charge < -0.3 is 4.90 Å². The van der Waals surface area contributed by atoms with E-state index in [1.807, 2.05) is 17.0 Å². The molecule has 0 unspecified atom stereocenters. The fourth-order valence-corrected chi connectivity index (χ4v) is 3.96. The molecule has 2 aromatic rings. The van der Waals surface area contributed by atoms with Gasteiger partial charge in [0, 0.05) is 37.8 Å². The van der Waals surface area contributed by atoms with Crippen molar-refractivity contribution in [3.63, 3.8) is 0 Å². The molecule has 4 rings (SSSR count). The lowest BCUT2D eigenvalue weighted by molar-refractivity contribution is 0.0793. The van der Waals surface area contributed by atoms with Crippen molar-refractivity contribution in [3.05, 3.63) is 70.8 Å². The van der Waals surface area contributed by atoms with Crippen LogP contribution in [-0.2, 0) is 19.5 Å². The Kier molecular flexibility index (Phi) is 5.58. The molecule has 3 heteroatoms. The highest BCUT2D eigenvalue weighted by molar-refractivity contribution is 5.94. The van der Waals surface area contributed by atoms with Crippen LogP contribution in [0.25, 0.3) is 0 Å². The fraction of sp³-hybridized carbons (Fsp3) is 0.458. The summed E-state index contributed by atoms with van der Waals surface area (Å²) in [6.45, 7) is 5.98. The minimum absolute atomic E-state index is 0.189. The van der Waals surface area contributed by atoms with Crippen LogP contribution in [0.2, 0.25) is 0 Å². The molecule has 0 bridgehead atoms. The Bertz CT molecular complexity index is 756. The van der Waals surface area contributed by atoms with Crippen LogP contribution in [0.1, 0.15) is 59.7 Å². The number of aryl methyl sites for hydroxylation is 1. The molecule has 0 N–H and O–H groups in total. The lowest BCUT2D eigenvalue weighted by Crippen LogP contribution is -2.27. The molecule has 0 atom stereocenters. The first-order chi connectivity index (χ1) is 13.2. The van der Waals surface area contributed by atoms with E-state index in [2.05, 4.69) is 48.2 Å². The number of hydrogen-bond acceptors (Lipinski definition) is 2. The van der Waals surface area contributed by atoms with E-state index in [0.29, 0.717) is 6.04 Å². The molecular weight excluding hydrogens is 332 g/mol. The minimum Gasteiger partial charge on any atom is -0.339 e. The number of likely N-dealkylation sites (tertiary alicyclic amines) is 1. The maximum absolute atomic E-state index is 12.5. The highest BCUT2D eigenvalue weighted by Gasteiger charge is 2.29. The van der Waals surface area contributed by atoms with Crippen molar-refractivity contribution in [2.75, 3.05) is 13.1 Å². The van der Waals surface area contributed by atoms with E-state index in [1.165, 1.54) is 29.5 Å². The van der Waals surface area contributed by atoms with Crippen molar-refractivity contribution in [2.45, 2.75) is 58.2 Å². The van der Waals surface area contributed by atoms with Gasteiger partial charge in [-0.15, -0.1) is 0 Å². The number of benzene rings is 2. The summed E-state index contributed by atoms with van der Waals surface area (Å²) in [5.41, 5.74) is 4.91. The third-order valence-corrected chi connectivity index (χ3v) is 5.86. The van der Waals surface area contributed by atoms with E-state index in [0.717, 1.165) is 51.0 Å². The molecule has 1 saturated carbocycles. The van der Waals surface area contributed by atoms with Gasteiger partial charge in [0.2, 0.25) is 0 Å². The third-order valence-electron chi connectivity index (χ3n) is 5.86. The Morgan fingerprint density at radius 2 is 1.41 bits per heavy atom. The first kappa shape index (κ1) is 18.2. The molecule has 27 heavy (non-hydrogen) atoms. The molecule has 1 saturated heterocycles. The van der Waals surface area contributed by atoms with Crippen molar-refractivity contribution < 1.29 is 4.79 Å². The van der Waals surface area contributed by atoms with Gasteiger partial charge in [-0.3, -0.25) is 9.69 Å². The second-order valence-electron chi connectivity index (χ2n) is 8.00. The van der Waals surface area contributed by atoms with Crippen LogP contribution in [0.15, 0.2) is 48.5 Å². The number of carbonyl (C=O) groups is 1. The van der Waals surface area contributed by atoms with Crippen molar-refractivity contribution >= 4 is 5.91 Å². The number of hydrogen-bond donors (Lipinski definition) is 0. The normalized spacial score (nSPS) is 16.9. The summed E-state index contributed by atoms with van der Waals surface area (Å²) in [6, 6.07) is 18.0. The Morgan fingerprint density at radius 1 is 0.889 bits per heavy atom. The molecule has 0 aromatic heterocycles. The van der Waals surface area contributed by atoms with Crippen molar-refractivity contribution in [1.29, 1.82) is 0 Å². The van der Waals surface area contributed by atoms with Gasteiger partial charge in [0.1, 0.15) is 0 Å². The largest absolute Gasteiger partial charge is 0.339 e. The summed E-state index contributed by atoms with van der Waals surface area (Å²) < 4.78 is 0. The topological polar surface area (TPSA) is 23.6 Å². The summed E-state index contributed by atoms with van der Waals surface area (Å²) in [7, 11) is 0. The average molecular weight is 363 g/mol. The molecule has 2 fully saturated rings. The monoisotopic (exact) mass is 362 g/mol. The van der Waals surface area contributed by atoms with E-state index < -0.39 is 0 Å². The van der Waals surface area contributed by atoms with Crippen LogP contribution in [0.3, 0.4) is 0 Å². The van der Waals surface area contributed by atoms with E-state index in [9.17, 15) is 4.79 Å². The second kappa shape index (κ2) is 8.26. The van der Waals surface area contributed by atoms with Gasteiger partial charge in [0.05, 0.1) is 0 Å². The lowest BCUT2D eigenvalue weighted by Gasteiger charge is -2.23. The molecule has 1 aliphatic carbocycles. The van der Waals surface area contributed by atoms with Crippen LogP contribution >= 0.6 is 0 Å². The molecule has 3 nitrogen and oxygen atoms in total. The number of amides is 1. The van der Waals surface area contributed by atoms with Crippen LogP contribution in [0, 0.1) is 0 Å². The predicted molar refractivity (Wildman–Crippen MR) is 110 cm³/mol. The Hall–Kier alpha value is -2.13. The van der Waals surface area contributed by atoms with E-state index in [-0.39, 0.29) is 5.91 Å². The van der Waals surface area contributed by atoms with E-state index >= 15 is 0 Å². The summed E-state index contributed by atoms with van der Waals surface area (Å²) in [6.07, 6.45) is 5.98. The first-order valence-corrected chi connectivity index (χ1v) is 10.4. The summed E-state index contributed by atoms with van der Waals surface area (Å²) in [5, 5.41) is 0. The third kappa shape index (κ3) is 4.59. The number of nitrogens with zero attached hydrogens (tertiary/aromatic N) is 2. The smallest absolute Gasteiger partial charge is 0.253 e. The zero-order chi connectivity index (χ0) is 18.6. The maximum atomic E-state index is 12.5. The Morgan fingerprint density at radius 3 is 1.93 bits per heavy atom. The molecular formula is C24H30N2O. The van der Waals surface area contributed by atoms with Crippen LogP contribution in [0.5, 0.6) is 0 Å². The highest BCUT2D eigenvalue weighted by atomic mass is 16.2. The van der Waals surface area contributed by atoms with Crippen molar-refractivity contribution in [2.24, 2.45) is 0 Å². The van der Waals surface area contributed by atoms with Crippen LogP contribution in [0.4, 0.5) is 0 Å². The molecule has 1 aliphatic heterocycles. The lowest BCUT2D eigenvalue weighted by atomic mass is 10.1. The molecule has 2 aromatic carbocycles. The van der Waals surface area contributed by atoms with E-state index in [1.54, 1.807) is 0 Å².